The van der Waals surface area contributed by atoms with Gasteiger partial charge < -0.3 is 15.0 Å². The second-order valence-electron chi connectivity index (χ2n) is 7.88. The maximum absolute atomic E-state index is 12.7. The van der Waals surface area contributed by atoms with E-state index in [0.717, 1.165) is 37.0 Å². The fourth-order valence-electron chi connectivity index (χ4n) is 4.35. The van der Waals surface area contributed by atoms with Crippen molar-refractivity contribution in [3.05, 3.63) is 42.5 Å². The lowest BCUT2D eigenvalue weighted by atomic mass is 9.91. The molecule has 2 aromatic rings. The summed E-state index contributed by atoms with van der Waals surface area (Å²) in [6, 6.07) is 8.19. The lowest BCUT2D eigenvalue weighted by molar-refractivity contribution is -0.129. The molecule has 1 saturated heterocycles. The number of para-hydroxylation sites is 1. The quantitative estimate of drug-likeness (QED) is 0.805. The Kier molecular flexibility index (Phi) is 5.78. The molecule has 2 amide bonds. The number of methoxy groups -OCH3 is 1. The number of rotatable bonds is 6. The summed E-state index contributed by atoms with van der Waals surface area (Å²) in [4.78, 5) is 31.0. The summed E-state index contributed by atoms with van der Waals surface area (Å²) in [5.41, 5.74) is 0.954. The Hall–Kier alpha value is -2.90. The van der Waals surface area contributed by atoms with Crippen molar-refractivity contribution in [2.24, 2.45) is 5.92 Å². The Labute approximate surface area is 170 Å². The van der Waals surface area contributed by atoms with Gasteiger partial charge in [0.15, 0.2) is 0 Å². The van der Waals surface area contributed by atoms with Crippen molar-refractivity contribution in [3.8, 4) is 5.75 Å². The number of amides is 2. The molecule has 1 N–H and O–H groups in total. The van der Waals surface area contributed by atoms with Crippen LogP contribution in [0.1, 0.15) is 43.7 Å². The van der Waals surface area contributed by atoms with Gasteiger partial charge in [-0.3, -0.25) is 9.59 Å². The van der Waals surface area contributed by atoms with Crippen molar-refractivity contribution in [1.29, 1.82) is 0 Å². The highest BCUT2D eigenvalue weighted by atomic mass is 16.5. The molecule has 1 saturated carbocycles. The molecule has 154 valence electrons. The van der Waals surface area contributed by atoms with Gasteiger partial charge in [-0.25, -0.2) is 9.67 Å². The predicted molar refractivity (Wildman–Crippen MR) is 106 cm³/mol. The van der Waals surface area contributed by atoms with E-state index >= 15 is 0 Å². The van der Waals surface area contributed by atoms with Gasteiger partial charge in [0, 0.05) is 31.1 Å². The van der Waals surface area contributed by atoms with Gasteiger partial charge >= 0.3 is 0 Å². The fraction of sp³-hybridized carbons (Fsp3) is 0.524. The van der Waals surface area contributed by atoms with Crippen LogP contribution in [-0.2, 0) is 16.1 Å². The number of benzene rings is 1. The van der Waals surface area contributed by atoms with E-state index in [1.165, 1.54) is 0 Å². The summed E-state index contributed by atoms with van der Waals surface area (Å²) in [7, 11) is 1.62. The van der Waals surface area contributed by atoms with Gasteiger partial charge in [-0.15, -0.1) is 0 Å². The Morgan fingerprint density at radius 3 is 2.76 bits per heavy atom. The van der Waals surface area contributed by atoms with E-state index in [1.54, 1.807) is 24.7 Å². The third kappa shape index (κ3) is 4.41. The molecule has 2 heterocycles. The second-order valence-corrected chi connectivity index (χ2v) is 7.88. The van der Waals surface area contributed by atoms with Crippen LogP contribution in [0.3, 0.4) is 0 Å². The zero-order chi connectivity index (χ0) is 20.2. The zero-order valence-corrected chi connectivity index (χ0v) is 16.7. The van der Waals surface area contributed by atoms with Gasteiger partial charge in [-0.05, 0) is 31.7 Å². The van der Waals surface area contributed by atoms with E-state index in [9.17, 15) is 9.59 Å². The van der Waals surface area contributed by atoms with Gasteiger partial charge in [-0.1, -0.05) is 18.2 Å². The van der Waals surface area contributed by atoms with E-state index < -0.39 is 0 Å². The molecule has 1 atom stereocenters. The number of nitrogens with one attached hydrogen (secondary N) is 1. The van der Waals surface area contributed by atoms with Crippen LogP contribution in [0.15, 0.2) is 36.9 Å². The first-order valence-electron chi connectivity index (χ1n) is 10.2. The summed E-state index contributed by atoms with van der Waals surface area (Å²) < 4.78 is 7.28. The Morgan fingerprint density at radius 2 is 2.03 bits per heavy atom. The van der Waals surface area contributed by atoms with Crippen molar-refractivity contribution in [1.82, 2.24) is 25.0 Å². The van der Waals surface area contributed by atoms with Gasteiger partial charge in [0.2, 0.25) is 11.8 Å². The van der Waals surface area contributed by atoms with Crippen LogP contribution >= 0.6 is 0 Å². The summed E-state index contributed by atoms with van der Waals surface area (Å²) in [6.45, 7) is 0.923. The minimum atomic E-state index is -0.287. The number of carbonyl (C=O) groups is 2. The third-order valence-corrected chi connectivity index (χ3v) is 5.99. The number of likely N-dealkylation sites (tertiary alicyclic amines) is 1. The van der Waals surface area contributed by atoms with Crippen molar-refractivity contribution in [2.45, 2.75) is 50.7 Å². The van der Waals surface area contributed by atoms with Gasteiger partial charge in [0.25, 0.3) is 0 Å². The summed E-state index contributed by atoms with van der Waals surface area (Å²) in [5, 5.41) is 7.38. The molecule has 1 aliphatic carbocycles. The smallest absolute Gasteiger partial charge is 0.225 e. The van der Waals surface area contributed by atoms with Crippen molar-refractivity contribution in [3.63, 3.8) is 0 Å². The summed E-state index contributed by atoms with van der Waals surface area (Å²) in [5.74, 6) is 0.485. The molecule has 0 spiro atoms. The van der Waals surface area contributed by atoms with Crippen LogP contribution < -0.4 is 10.1 Å². The topological polar surface area (TPSA) is 89.3 Å². The molecule has 0 radical (unpaired) electrons. The first-order chi connectivity index (χ1) is 14.1. The molecule has 8 nitrogen and oxygen atoms in total. The van der Waals surface area contributed by atoms with Crippen LogP contribution in [0, 0.1) is 5.92 Å². The predicted octanol–water partition coefficient (Wildman–Crippen LogP) is 1.94. The van der Waals surface area contributed by atoms with Crippen LogP contribution in [0.5, 0.6) is 5.75 Å². The molecule has 4 rings (SSSR count). The Bertz CT molecular complexity index is 846. The molecule has 0 bridgehead atoms. The largest absolute Gasteiger partial charge is 0.496 e. The van der Waals surface area contributed by atoms with Gasteiger partial charge in [0.05, 0.1) is 19.1 Å². The van der Waals surface area contributed by atoms with E-state index in [4.69, 9.17) is 4.74 Å². The third-order valence-electron chi connectivity index (χ3n) is 5.99. The SMILES string of the molecule is COc1ccccc1CN1CC(C(=O)NC2CCC(n3cncn3)CC2)CC1=O. The zero-order valence-electron chi connectivity index (χ0n) is 16.7. The Balaban J connectivity index is 1.28. The van der Waals surface area contributed by atoms with Crippen molar-refractivity contribution in [2.75, 3.05) is 13.7 Å². The van der Waals surface area contributed by atoms with E-state index in [-0.39, 0.29) is 30.2 Å². The van der Waals surface area contributed by atoms with E-state index in [2.05, 4.69) is 15.4 Å². The van der Waals surface area contributed by atoms with Crippen molar-refractivity contribution >= 4 is 11.8 Å². The minimum absolute atomic E-state index is 0.00918. The van der Waals surface area contributed by atoms with Crippen LogP contribution in [-0.4, -0.2) is 51.2 Å². The highest BCUT2D eigenvalue weighted by Crippen LogP contribution is 2.29. The monoisotopic (exact) mass is 397 g/mol. The van der Waals surface area contributed by atoms with Gasteiger partial charge in [-0.2, -0.15) is 5.10 Å². The van der Waals surface area contributed by atoms with E-state index in [0.29, 0.717) is 19.1 Å². The maximum atomic E-state index is 12.7. The maximum Gasteiger partial charge on any atom is 0.225 e. The van der Waals surface area contributed by atoms with Crippen LogP contribution in [0.4, 0.5) is 0 Å². The average molecular weight is 397 g/mol. The number of aromatic nitrogens is 3. The second kappa shape index (κ2) is 8.63. The highest BCUT2D eigenvalue weighted by Gasteiger charge is 2.35. The van der Waals surface area contributed by atoms with Gasteiger partial charge in [0.1, 0.15) is 18.4 Å². The standard InChI is InChI=1S/C21H27N5O3/c1-29-19-5-3-2-4-15(19)11-25-12-16(10-20(25)27)21(28)24-17-6-8-18(9-7-17)26-14-22-13-23-26/h2-5,13-14,16-18H,6-12H2,1H3,(H,24,28). The molecule has 1 aromatic carbocycles. The van der Waals surface area contributed by atoms with Crippen molar-refractivity contribution < 1.29 is 14.3 Å². The number of hydrogen-bond acceptors (Lipinski definition) is 5. The molecule has 2 fully saturated rings. The number of ether oxygens (including phenoxy) is 1. The Morgan fingerprint density at radius 1 is 1.24 bits per heavy atom. The summed E-state index contributed by atoms with van der Waals surface area (Å²) in [6.07, 6.45) is 7.36. The molecule has 8 heteroatoms. The van der Waals surface area contributed by atoms with E-state index in [1.807, 2.05) is 28.9 Å². The average Bonchev–Trinajstić information content (AvgIpc) is 3.40. The first kappa shape index (κ1) is 19.4. The van der Waals surface area contributed by atoms with Crippen LogP contribution in [0.25, 0.3) is 0 Å². The number of nitrogens with zero attached hydrogens (tertiary/aromatic N) is 4. The molecule has 1 unspecified atom stereocenters. The molecule has 29 heavy (non-hydrogen) atoms. The minimum Gasteiger partial charge on any atom is -0.496 e. The van der Waals surface area contributed by atoms with Crippen LogP contribution in [0.2, 0.25) is 0 Å². The number of carbonyl (C=O) groups excluding carboxylic acids is 2. The molecular formula is C21H27N5O3. The molecule has 1 aliphatic heterocycles. The highest BCUT2D eigenvalue weighted by molar-refractivity contribution is 5.89. The first-order valence-corrected chi connectivity index (χ1v) is 10.2. The lowest BCUT2D eigenvalue weighted by Gasteiger charge is -2.29. The molecule has 1 aromatic heterocycles. The fourth-order valence-corrected chi connectivity index (χ4v) is 4.35. The lowest BCUT2D eigenvalue weighted by Crippen LogP contribution is -2.41. The number of hydrogen-bond donors (Lipinski definition) is 1. The molecule has 2 aliphatic rings. The summed E-state index contributed by atoms with van der Waals surface area (Å²) >= 11 is 0. The normalized spacial score (nSPS) is 24.5. The molecular weight excluding hydrogens is 370 g/mol.